The van der Waals surface area contributed by atoms with Gasteiger partial charge in [-0.3, -0.25) is 9.48 Å². The molecule has 2 aromatic carbocycles. The highest BCUT2D eigenvalue weighted by atomic mass is 19.4. The summed E-state index contributed by atoms with van der Waals surface area (Å²) in [6.07, 6.45) is 2.56. The molecule has 0 saturated heterocycles. The van der Waals surface area contributed by atoms with Gasteiger partial charge in [-0.25, -0.2) is 4.39 Å². The third-order valence-corrected chi connectivity index (χ3v) is 7.02. The van der Waals surface area contributed by atoms with Crippen molar-refractivity contribution in [3.05, 3.63) is 71.3 Å². The van der Waals surface area contributed by atoms with Crippen molar-refractivity contribution in [3.8, 4) is 11.1 Å². The van der Waals surface area contributed by atoms with Gasteiger partial charge in [0.15, 0.2) is 0 Å². The minimum atomic E-state index is -4.63. The summed E-state index contributed by atoms with van der Waals surface area (Å²) in [5.74, 6) is -1.55. The van der Waals surface area contributed by atoms with E-state index < -0.39 is 17.6 Å². The molecule has 1 aliphatic carbocycles. The van der Waals surface area contributed by atoms with E-state index in [0.29, 0.717) is 18.9 Å². The Kier molecular flexibility index (Phi) is 5.91. The van der Waals surface area contributed by atoms with Crippen LogP contribution in [0.2, 0.25) is 0 Å². The number of fused-ring (bicyclic) bond motifs is 1. The third-order valence-electron chi connectivity index (χ3n) is 7.02. The first-order valence-corrected chi connectivity index (χ1v) is 11.6. The second-order valence-corrected chi connectivity index (χ2v) is 9.20. The predicted molar refractivity (Wildman–Crippen MR) is 121 cm³/mol. The third kappa shape index (κ3) is 4.45. The van der Waals surface area contributed by atoms with Crippen LogP contribution in [0.3, 0.4) is 0 Å². The Morgan fingerprint density at radius 3 is 2.59 bits per heavy atom. The Balaban J connectivity index is 1.25. The maximum atomic E-state index is 14.2. The summed E-state index contributed by atoms with van der Waals surface area (Å²) >= 11 is 0. The lowest BCUT2D eigenvalue weighted by molar-refractivity contribution is -0.137. The fourth-order valence-corrected chi connectivity index (χ4v) is 5.20. The summed E-state index contributed by atoms with van der Waals surface area (Å²) < 4.78 is 54.5. The van der Waals surface area contributed by atoms with Crippen LogP contribution in [-0.4, -0.2) is 15.7 Å². The van der Waals surface area contributed by atoms with E-state index in [1.165, 1.54) is 11.3 Å². The largest absolute Gasteiger partial charge is 0.416 e. The first-order chi connectivity index (χ1) is 16.3. The van der Waals surface area contributed by atoms with E-state index in [0.717, 1.165) is 55.5 Å². The van der Waals surface area contributed by atoms with Gasteiger partial charge in [0, 0.05) is 23.7 Å². The van der Waals surface area contributed by atoms with Gasteiger partial charge in [0.1, 0.15) is 5.82 Å². The number of alkyl halides is 3. The molecule has 2 unspecified atom stereocenters. The van der Waals surface area contributed by atoms with Crippen LogP contribution in [0.5, 0.6) is 0 Å². The number of nitrogens with one attached hydrogen (secondary N) is 1. The van der Waals surface area contributed by atoms with Crippen molar-refractivity contribution >= 4 is 11.6 Å². The average Bonchev–Trinajstić information content (AvgIpc) is 3.44. The van der Waals surface area contributed by atoms with Crippen molar-refractivity contribution < 1.29 is 22.4 Å². The lowest BCUT2D eigenvalue weighted by atomic mass is 9.77. The predicted octanol–water partition coefficient (Wildman–Crippen LogP) is 6.57. The number of carbonyl (C=O) groups excluding carboxylic acids is 1. The average molecular weight is 471 g/mol. The zero-order valence-corrected chi connectivity index (χ0v) is 18.5. The minimum Gasteiger partial charge on any atom is -0.323 e. The number of nitrogens with zero attached hydrogens (tertiary/aromatic N) is 2. The SMILES string of the molecule is O=C(Nc1ccc(C(F)(F)F)cc1F)C1CCCC(c2ccc(-c3cnn4c3CCC4)cc2)C1. The molecule has 1 saturated carbocycles. The molecule has 1 aromatic heterocycles. The van der Waals surface area contributed by atoms with Crippen molar-refractivity contribution in [2.75, 3.05) is 5.32 Å². The molecule has 34 heavy (non-hydrogen) atoms. The van der Waals surface area contributed by atoms with Crippen LogP contribution in [-0.2, 0) is 23.9 Å². The van der Waals surface area contributed by atoms with Gasteiger partial charge in [0.05, 0.1) is 17.4 Å². The maximum Gasteiger partial charge on any atom is 0.416 e. The molecule has 1 fully saturated rings. The van der Waals surface area contributed by atoms with E-state index in [1.54, 1.807) is 0 Å². The first kappa shape index (κ1) is 22.6. The molecular formula is C26H25F4N3O. The molecule has 8 heteroatoms. The van der Waals surface area contributed by atoms with E-state index in [4.69, 9.17) is 0 Å². The van der Waals surface area contributed by atoms with Crippen LogP contribution in [0.1, 0.15) is 54.8 Å². The highest BCUT2D eigenvalue weighted by molar-refractivity contribution is 5.92. The Hall–Kier alpha value is -3.16. The van der Waals surface area contributed by atoms with Crippen LogP contribution in [0, 0.1) is 11.7 Å². The summed E-state index contributed by atoms with van der Waals surface area (Å²) in [5, 5.41) is 6.95. The maximum absolute atomic E-state index is 14.2. The van der Waals surface area contributed by atoms with Crippen LogP contribution in [0.25, 0.3) is 11.1 Å². The molecule has 1 amide bonds. The van der Waals surface area contributed by atoms with E-state index in [1.807, 2.05) is 6.20 Å². The monoisotopic (exact) mass is 471 g/mol. The fraction of sp³-hybridized carbons (Fsp3) is 0.385. The topological polar surface area (TPSA) is 46.9 Å². The minimum absolute atomic E-state index is 0.203. The van der Waals surface area contributed by atoms with Gasteiger partial charge in [-0.05, 0) is 67.3 Å². The molecule has 0 bridgehead atoms. The van der Waals surface area contributed by atoms with Gasteiger partial charge < -0.3 is 5.32 Å². The zero-order valence-electron chi connectivity index (χ0n) is 18.5. The standard InChI is InChI=1S/C26H25F4N3O/c27-22-14-20(26(28,29)30)10-11-23(22)32-25(34)19-4-1-3-18(13-19)16-6-8-17(9-7-16)21-15-31-33-12-2-5-24(21)33/h6-11,14-15,18-19H,1-5,12-13H2,(H,32,34). The number of rotatable bonds is 4. The summed E-state index contributed by atoms with van der Waals surface area (Å²) in [7, 11) is 0. The van der Waals surface area contributed by atoms with Crippen molar-refractivity contribution in [2.45, 2.75) is 57.2 Å². The lowest BCUT2D eigenvalue weighted by Crippen LogP contribution is -2.28. The van der Waals surface area contributed by atoms with Crippen LogP contribution in [0.4, 0.5) is 23.2 Å². The molecule has 1 N–H and O–H groups in total. The summed E-state index contributed by atoms with van der Waals surface area (Å²) in [6, 6.07) is 10.6. The molecule has 1 aliphatic heterocycles. The normalized spacial score (nSPS) is 20.2. The smallest absolute Gasteiger partial charge is 0.323 e. The van der Waals surface area contributed by atoms with Crippen LogP contribution < -0.4 is 5.32 Å². The lowest BCUT2D eigenvalue weighted by Gasteiger charge is -2.29. The molecule has 0 spiro atoms. The Bertz CT molecular complexity index is 1200. The van der Waals surface area contributed by atoms with Crippen LogP contribution >= 0.6 is 0 Å². The molecule has 4 nitrogen and oxygen atoms in total. The van der Waals surface area contributed by atoms with Gasteiger partial charge in [0.2, 0.25) is 5.91 Å². The van der Waals surface area contributed by atoms with Gasteiger partial charge in [-0.1, -0.05) is 30.7 Å². The first-order valence-electron chi connectivity index (χ1n) is 11.6. The number of carbonyl (C=O) groups is 1. The number of aryl methyl sites for hydroxylation is 1. The number of amides is 1. The second kappa shape index (κ2) is 8.89. The molecule has 2 heterocycles. The summed E-state index contributed by atoms with van der Waals surface area (Å²) in [5.41, 5.74) is 3.44. The van der Waals surface area contributed by atoms with Gasteiger partial charge in [-0.15, -0.1) is 0 Å². The van der Waals surface area contributed by atoms with Gasteiger partial charge in [-0.2, -0.15) is 18.3 Å². The quantitative estimate of drug-likeness (QED) is 0.438. The number of halogens is 4. The number of hydrogen-bond donors (Lipinski definition) is 1. The molecule has 2 aliphatic rings. The molecule has 2 atom stereocenters. The van der Waals surface area contributed by atoms with Crippen molar-refractivity contribution in [3.63, 3.8) is 0 Å². The zero-order chi connectivity index (χ0) is 23.9. The second-order valence-electron chi connectivity index (χ2n) is 9.20. The summed E-state index contributed by atoms with van der Waals surface area (Å²) in [6.45, 7) is 0.968. The highest BCUT2D eigenvalue weighted by Crippen LogP contribution is 2.38. The Morgan fingerprint density at radius 2 is 1.85 bits per heavy atom. The molecule has 5 rings (SSSR count). The van der Waals surface area contributed by atoms with E-state index in [-0.39, 0.29) is 23.4 Å². The molecule has 178 valence electrons. The van der Waals surface area contributed by atoms with Crippen molar-refractivity contribution in [1.29, 1.82) is 0 Å². The Morgan fingerprint density at radius 1 is 1.06 bits per heavy atom. The highest BCUT2D eigenvalue weighted by Gasteiger charge is 2.32. The van der Waals surface area contributed by atoms with Gasteiger partial charge in [0.25, 0.3) is 0 Å². The van der Waals surface area contributed by atoms with Crippen molar-refractivity contribution in [1.82, 2.24) is 9.78 Å². The molecule has 3 aromatic rings. The van der Waals surface area contributed by atoms with Crippen molar-refractivity contribution in [2.24, 2.45) is 5.92 Å². The Labute approximate surface area is 195 Å². The number of anilines is 1. The number of aromatic nitrogens is 2. The molecule has 0 radical (unpaired) electrons. The van der Waals surface area contributed by atoms with Crippen LogP contribution in [0.15, 0.2) is 48.7 Å². The summed E-state index contributed by atoms with van der Waals surface area (Å²) in [4.78, 5) is 12.8. The van der Waals surface area contributed by atoms with E-state index in [9.17, 15) is 22.4 Å². The molecular weight excluding hydrogens is 446 g/mol. The fourth-order valence-electron chi connectivity index (χ4n) is 5.20. The van der Waals surface area contributed by atoms with E-state index >= 15 is 0 Å². The van der Waals surface area contributed by atoms with E-state index in [2.05, 4.69) is 39.4 Å². The van der Waals surface area contributed by atoms with Gasteiger partial charge >= 0.3 is 6.18 Å². The number of hydrogen-bond acceptors (Lipinski definition) is 2. The number of benzene rings is 2.